The van der Waals surface area contributed by atoms with Gasteiger partial charge in [0, 0.05) is 12.6 Å². The van der Waals surface area contributed by atoms with Gasteiger partial charge in [-0.05, 0) is 24.5 Å². The van der Waals surface area contributed by atoms with E-state index in [0.717, 1.165) is 12.0 Å². The molecule has 2 aromatic carbocycles. The number of carbonyl (C=O) groups excluding carboxylic acids is 1. The number of benzene rings is 2. The van der Waals surface area contributed by atoms with Gasteiger partial charge in [-0.25, -0.2) is 0 Å². The van der Waals surface area contributed by atoms with Crippen molar-refractivity contribution in [1.29, 1.82) is 0 Å². The molecule has 1 unspecified atom stereocenters. The van der Waals surface area contributed by atoms with E-state index in [1.54, 1.807) is 0 Å². The Morgan fingerprint density at radius 1 is 1.10 bits per heavy atom. The molecule has 0 saturated carbocycles. The van der Waals surface area contributed by atoms with Gasteiger partial charge in [-0.1, -0.05) is 60.2 Å². The molecule has 3 nitrogen and oxygen atoms in total. The predicted molar refractivity (Wildman–Crippen MR) is 86.0 cm³/mol. The van der Waals surface area contributed by atoms with Crippen LogP contribution >= 0.6 is 0 Å². The number of hydrogen-bond acceptors (Lipinski definition) is 2. The zero-order valence-corrected chi connectivity index (χ0v) is 12.4. The smallest absolute Gasteiger partial charge is 0.224 e. The van der Waals surface area contributed by atoms with Gasteiger partial charge in [0.15, 0.2) is 0 Å². The molecule has 0 bridgehead atoms. The second-order valence-corrected chi connectivity index (χ2v) is 5.36. The molecule has 0 aliphatic heterocycles. The fraction of sp³-hybridized carbons (Fsp3) is 0.278. The highest BCUT2D eigenvalue weighted by Crippen LogP contribution is 2.06. The number of nitrogens with two attached hydrogens (primary N) is 1. The summed E-state index contributed by atoms with van der Waals surface area (Å²) in [6.45, 7) is 2.47. The van der Waals surface area contributed by atoms with Crippen LogP contribution in [0, 0.1) is 6.92 Å². The predicted octanol–water partition coefficient (Wildman–Crippen LogP) is 2.22. The third-order valence-electron chi connectivity index (χ3n) is 3.42. The van der Waals surface area contributed by atoms with Crippen LogP contribution in [0.15, 0.2) is 54.6 Å². The number of carbonyl (C=O) groups is 1. The van der Waals surface area contributed by atoms with Crippen molar-refractivity contribution in [3.8, 4) is 0 Å². The molecule has 0 aliphatic rings. The minimum absolute atomic E-state index is 0.0204. The zero-order valence-electron chi connectivity index (χ0n) is 12.4. The Morgan fingerprint density at radius 2 is 1.81 bits per heavy atom. The minimum atomic E-state index is -0.0234. The van der Waals surface area contributed by atoms with Crippen molar-refractivity contribution in [2.75, 3.05) is 6.54 Å². The molecule has 0 saturated heterocycles. The lowest BCUT2D eigenvalue weighted by atomic mass is 10.0. The van der Waals surface area contributed by atoms with E-state index in [2.05, 4.69) is 17.4 Å². The molecule has 0 aliphatic carbocycles. The van der Waals surface area contributed by atoms with Gasteiger partial charge in [0.25, 0.3) is 0 Å². The van der Waals surface area contributed by atoms with Gasteiger partial charge in [-0.3, -0.25) is 4.79 Å². The maximum atomic E-state index is 12.1. The van der Waals surface area contributed by atoms with Crippen molar-refractivity contribution in [3.63, 3.8) is 0 Å². The molecule has 21 heavy (non-hydrogen) atoms. The highest BCUT2D eigenvalue weighted by Gasteiger charge is 2.12. The van der Waals surface area contributed by atoms with Crippen molar-refractivity contribution in [2.24, 2.45) is 5.73 Å². The molecule has 1 amide bonds. The molecular formula is C18H22N2O. The van der Waals surface area contributed by atoms with Crippen LogP contribution in [0.2, 0.25) is 0 Å². The summed E-state index contributed by atoms with van der Waals surface area (Å²) in [7, 11) is 0. The summed E-state index contributed by atoms with van der Waals surface area (Å²) in [5, 5.41) is 3.02. The van der Waals surface area contributed by atoms with E-state index >= 15 is 0 Å². The largest absolute Gasteiger partial charge is 0.351 e. The minimum Gasteiger partial charge on any atom is -0.351 e. The van der Waals surface area contributed by atoms with Crippen LogP contribution in [0.5, 0.6) is 0 Å². The van der Waals surface area contributed by atoms with E-state index in [0.29, 0.717) is 13.0 Å². The van der Waals surface area contributed by atoms with E-state index in [1.165, 1.54) is 11.1 Å². The van der Waals surface area contributed by atoms with Crippen molar-refractivity contribution in [1.82, 2.24) is 5.32 Å². The van der Waals surface area contributed by atoms with Gasteiger partial charge in [0.1, 0.15) is 0 Å². The lowest BCUT2D eigenvalue weighted by Crippen LogP contribution is -2.42. The average molecular weight is 282 g/mol. The Morgan fingerprint density at radius 3 is 2.48 bits per heavy atom. The highest BCUT2D eigenvalue weighted by atomic mass is 16.1. The first-order valence-electron chi connectivity index (χ1n) is 7.26. The summed E-state index contributed by atoms with van der Waals surface area (Å²) in [6, 6.07) is 18.1. The second kappa shape index (κ2) is 7.60. The molecule has 0 aromatic heterocycles. The standard InChI is InChI=1S/C18H22N2O/c1-14-6-5-9-16(10-14)12-18(21)20-17(13-19)11-15-7-3-2-4-8-15/h2-10,17H,11-13,19H2,1H3,(H,20,21). The fourth-order valence-electron chi connectivity index (χ4n) is 2.38. The first kappa shape index (κ1) is 15.3. The van der Waals surface area contributed by atoms with Crippen LogP contribution in [0.3, 0.4) is 0 Å². The lowest BCUT2D eigenvalue weighted by Gasteiger charge is -2.17. The van der Waals surface area contributed by atoms with Crippen molar-refractivity contribution >= 4 is 5.91 Å². The molecule has 0 spiro atoms. The Hall–Kier alpha value is -2.13. The van der Waals surface area contributed by atoms with Crippen molar-refractivity contribution < 1.29 is 4.79 Å². The Kier molecular flexibility index (Phi) is 5.52. The first-order valence-corrected chi connectivity index (χ1v) is 7.26. The molecule has 3 N–H and O–H groups in total. The maximum Gasteiger partial charge on any atom is 0.224 e. The maximum absolute atomic E-state index is 12.1. The zero-order chi connectivity index (χ0) is 15.1. The van der Waals surface area contributed by atoms with E-state index in [-0.39, 0.29) is 11.9 Å². The third-order valence-corrected chi connectivity index (χ3v) is 3.42. The van der Waals surface area contributed by atoms with Gasteiger partial charge in [0.2, 0.25) is 5.91 Å². The summed E-state index contributed by atoms with van der Waals surface area (Å²) in [6.07, 6.45) is 1.16. The van der Waals surface area contributed by atoms with Crippen molar-refractivity contribution in [3.05, 3.63) is 71.3 Å². The monoisotopic (exact) mass is 282 g/mol. The quantitative estimate of drug-likeness (QED) is 0.853. The molecule has 0 heterocycles. The van der Waals surface area contributed by atoms with Crippen molar-refractivity contribution in [2.45, 2.75) is 25.8 Å². The van der Waals surface area contributed by atoms with E-state index in [1.807, 2.05) is 49.4 Å². The molecule has 0 fully saturated rings. The van der Waals surface area contributed by atoms with Gasteiger partial charge >= 0.3 is 0 Å². The van der Waals surface area contributed by atoms with Gasteiger partial charge in [-0.15, -0.1) is 0 Å². The van der Waals surface area contributed by atoms with E-state index < -0.39 is 0 Å². The molecule has 2 aromatic rings. The van der Waals surface area contributed by atoms with Crippen LogP contribution < -0.4 is 11.1 Å². The number of nitrogens with one attached hydrogen (secondary N) is 1. The van der Waals surface area contributed by atoms with E-state index in [9.17, 15) is 4.79 Å². The SMILES string of the molecule is Cc1cccc(CC(=O)NC(CN)Cc2ccccc2)c1. The summed E-state index contributed by atoms with van der Waals surface area (Å²) < 4.78 is 0. The molecule has 3 heteroatoms. The highest BCUT2D eigenvalue weighted by molar-refractivity contribution is 5.79. The molecular weight excluding hydrogens is 260 g/mol. The normalized spacial score (nSPS) is 11.9. The van der Waals surface area contributed by atoms with Crippen LogP contribution in [0.1, 0.15) is 16.7 Å². The lowest BCUT2D eigenvalue weighted by molar-refractivity contribution is -0.121. The fourth-order valence-corrected chi connectivity index (χ4v) is 2.38. The van der Waals surface area contributed by atoms with Crippen LogP contribution in [-0.2, 0) is 17.6 Å². The van der Waals surface area contributed by atoms with Gasteiger partial charge < -0.3 is 11.1 Å². The summed E-state index contributed by atoms with van der Waals surface area (Å²) in [5.74, 6) is 0.0204. The summed E-state index contributed by atoms with van der Waals surface area (Å²) in [5.41, 5.74) is 9.15. The number of rotatable bonds is 6. The topological polar surface area (TPSA) is 55.1 Å². The average Bonchev–Trinajstić information content (AvgIpc) is 2.47. The Labute approximate surface area is 126 Å². The van der Waals surface area contributed by atoms with Gasteiger partial charge in [-0.2, -0.15) is 0 Å². The summed E-state index contributed by atoms with van der Waals surface area (Å²) in [4.78, 5) is 12.1. The third kappa shape index (κ3) is 5.04. The van der Waals surface area contributed by atoms with Gasteiger partial charge in [0.05, 0.1) is 6.42 Å². The van der Waals surface area contributed by atoms with Crippen LogP contribution in [0.4, 0.5) is 0 Å². The number of hydrogen-bond donors (Lipinski definition) is 2. The van der Waals surface area contributed by atoms with Crippen LogP contribution in [0.25, 0.3) is 0 Å². The summed E-state index contributed by atoms with van der Waals surface area (Å²) >= 11 is 0. The Balaban J connectivity index is 1.90. The number of aryl methyl sites for hydroxylation is 1. The Bertz CT molecular complexity index is 581. The first-order chi connectivity index (χ1) is 10.2. The molecule has 2 rings (SSSR count). The van der Waals surface area contributed by atoms with E-state index in [4.69, 9.17) is 5.73 Å². The number of amides is 1. The second-order valence-electron chi connectivity index (χ2n) is 5.36. The molecule has 110 valence electrons. The van der Waals surface area contributed by atoms with Crippen LogP contribution in [-0.4, -0.2) is 18.5 Å². The molecule has 0 radical (unpaired) electrons. The molecule has 1 atom stereocenters.